The first-order chi connectivity index (χ1) is 8.79. The Morgan fingerprint density at radius 1 is 1.37 bits per heavy atom. The third kappa shape index (κ3) is 2.80. The molecule has 0 radical (unpaired) electrons. The van der Waals surface area contributed by atoms with Crippen molar-refractivity contribution in [2.45, 2.75) is 34.2 Å². The molecule has 0 aliphatic rings. The average Bonchev–Trinajstić information content (AvgIpc) is 2.69. The molecule has 3 heteroatoms. The number of hydrogen-bond acceptors (Lipinski definition) is 2. The number of hydrogen-bond donors (Lipinski definition) is 1. The average molecular weight is 257 g/mol. The summed E-state index contributed by atoms with van der Waals surface area (Å²) < 4.78 is 1.87. The Hall–Kier alpha value is -1.77. The number of nitrogens with one attached hydrogen (secondary N) is 1. The minimum absolute atomic E-state index is 0.0773. The molecule has 19 heavy (non-hydrogen) atoms. The van der Waals surface area contributed by atoms with Crippen molar-refractivity contribution >= 4 is 10.9 Å². The minimum Gasteiger partial charge on any atom is -0.384 e. The number of rotatable bonds is 3. The van der Waals surface area contributed by atoms with Gasteiger partial charge in [-0.15, -0.1) is 0 Å². The molecule has 0 saturated heterocycles. The highest BCUT2D eigenvalue weighted by atomic mass is 15.2. The SMILES string of the molecule is C=C(NCc1ccc(C)c2cn(C)nc12)C(C)(C)C. The molecule has 0 fully saturated rings. The van der Waals surface area contributed by atoms with E-state index in [1.807, 2.05) is 11.7 Å². The standard InChI is InChI=1S/C16H23N3/c1-11-7-8-13(9-17-12(2)16(3,4)5)15-14(11)10-19(6)18-15/h7-8,10,17H,2,9H2,1,3-6H3. The normalized spacial score (nSPS) is 11.8. The maximum atomic E-state index is 4.56. The Morgan fingerprint density at radius 3 is 2.68 bits per heavy atom. The number of aromatic nitrogens is 2. The van der Waals surface area contributed by atoms with Crippen LogP contribution in [0.15, 0.2) is 30.6 Å². The number of allylic oxidation sites excluding steroid dienone is 1. The van der Waals surface area contributed by atoms with Gasteiger partial charge in [-0.05, 0) is 18.1 Å². The van der Waals surface area contributed by atoms with E-state index in [1.54, 1.807) is 0 Å². The van der Waals surface area contributed by atoms with Gasteiger partial charge in [0.1, 0.15) is 0 Å². The van der Waals surface area contributed by atoms with Crippen LogP contribution in [0.4, 0.5) is 0 Å². The maximum absolute atomic E-state index is 4.56. The molecule has 0 spiro atoms. The van der Waals surface area contributed by atoms with Gasteiger partial charge in [0.05, 0.1) is 5.52 Å². The predicted molar refractivity (Wildman–Crippen MR) is 80.9 cm³/mol. The highest BCUT2D eigenvalue weighted by molar-refractivity contribution is 5.84. The number of nitrogens with zero attached hydrogens (tertiary/aromatic N) is 2. The monoisotopic (exact) mass is 257 g/mol. The van der Waals surface area contributed by atoms with E-state index in [1.165, 1.54) is 16.5 Å². The number of fused-ring (bicyclic) bond motifs is 1. The molecule has 0 atom stereocenters. The van der Waals surface area contributed by atoms with Crippen molar-refractivity contribution in [2.24, 2.45) is 12.5 Å². The van der Waals surface area contributed by atoms with Crippen LogP contribution >= 0.6 is 0 Å². The molecule has 1 heterocycles. The summed E-state index contributed by atoms with van der Waals surface area (Å²) in [6, 6.07) is 4.30. The second-order valence-corrected chi connectivity index (χ2v) is 6.19. The fourth-order valence-corrected chi connectivity index (χ4v) is 2.02. The van der Waals surface area contributed by atoms with Crippen LogP contribution in [-0.2, 0) is 13.6 Å². The van der Waals surface area contributed by atoms with E-state index in [0.29, 0.717) is 0 Å². The summed E-state index contributed by atoms with van der Waals surface area (Å²) in [6.45, 7) is 13.5. The Kier molecular flexibility index (Phi) is 3.40. The third-order valence-electron chi connectivity index (χ3n) is 3.49. The first-order valence-electron chi connectivity index (χ1n) is 6.64. The Morgan fingerprint density at radius 2 is 2.05 bits per heavy atom. The topological polar surface area (TPSA) is 29.9 Å². The molecular formula is C16H23N3. The molecule has 102 valence electrons. The fourth-order valence-electron chi connectivity index (χ4n) is 2.02. The zero-order chi connectivity index (χ0) is 14.2. The van der Waals surface area contributed by atoms with Gasteiger partial charge in [0.2, 0.25) is 0 Å². The fraction of sp³-hybridized carbons (Fsp3) is 0.438. The van der Waals surface area contributed by atoms with Crippen molar-refractivity contribution in [2.75, 3.05) is 0 Å². The Bertz CT molecular complexity index is 615. The van der Waals surface area contributed by atoms with Crippen LogP contribution in [0, 0.1) is 12.3 Å². The lowest BCUT2D eigenvalue weighted by atomic mass is 9.93. The van der Waals surface area contributed by atoms with Gasteiger partial charge >= 0.3 is 0 Å². The molecule has 0 amide bonds. The van der Waals surface area contributed by atoms with Gasteiger partial charge in [-0.25, -0.2) is 0 Å². The summed E-state index contributed by atoms with van der Waals surface area (Å²) in [5.74, 6) is 0. The van der Waals surface area contributed by atoms with Crippen LogP contribution in [0.2, 0.25) is 0 Å². The van der Waals surface area contributed by atoms with Gasteiger partial charge in [0.15, 0.2) is 0 Å². The lowest BCUT2D eigenvalue weighted by Gasteiger charge is -2.23. The second kappa shape index (κ2) is 4.72. The Labute approximate surface area is 115 Å². The van der Waals surface area contributed by atoms with Gasteiger partial charge in [0, 0.05) is 36.3 Å². The molecule has 1 aromatic heterocycles. The minimum atomic E-state index is 0.0773. The van der Waals surface area contributed by atoms with E-state index in [0.717, 1.165) is 17.8 Å². The van der Waals surface area contributed by atoms with Crippen molar-refractivity contribution in [1.29, 1.82) is 0 Å². The summed E-state index contributed by atoms with van der Waals surface area (Å²) in [5.41, 5.74) is 4.69. The van der Waals surface area contributed by atoms with Gasteiger partial charge in [-0.3, -0.25) is 4.68 Å². The zero-order valence-corrected chi connectivity index (χ0v) is 12.5. The van der Waals surface area contributed by atoms with E-state index in [2.05, 4.69) is 63.0 Å². The van der Waals surface area contributed by atoms with E-state index in [9.17, 15) is 0 Å². The van der Waals surface area contributed by atoms with Crippen molar-refractivity contribution in [1.82, 2.24) is 15.1 Å². The van der Waals surface area contributed by atoms with Gasteiger partial charge in [-0.1, -0.05) is 39.5 Å². The molecule has 3 nitrogen and oxygen atoms in total. The van der Waals surface area contributed by atoms with Gasteiger partial charge < -0.3 is 5.32 Å². The lowest BCUT2D eigenvalue weighted by molar-refractivity contribution is 0.461. The van der Waals surface area contributed by atoms with Crippen LogP contribution in [0.3, 0.4) is 0 Å². The van der Waals surface area contributed by atoms with Crippen molar-refractivity contribution in [3.63, 3.8) is 0 Å². The molecule has 2 rings (SSSR count). The summed E-state index contributed by atoms with van der Waals surface area (Å²) in [4.78, 5) is 0. The Balaban J connectivity index is 2.27. The van der Waals surface area contributed by atoms with E-state index >= 15 is 0 Å². The largest absolute Gasteiger partial charge is 0.384 e. The van der Waals surface area contributed by atoms with Gasteiger partial charge in [0.25, 0.3) is 0 Å². The first-order valence-corrected chi connectivity index (χ1v) is 6.64. The quantitative estimate of drug-likeness (QED) is 0.911. The van der Waals surface area contributed by atoms with Crippen LogP contribution in [0.25, 0.3) is 10.9 Å². The number of benzene rings is 1. The predicted octanol–water partition coefficient (Wildman–Crippen LogP) is 3.53. The molecule has 0 bridgehead atoms. The molecule has 1 aromatic carbocycles. The summed E-state index contributed by atoms with van der Waals surface area (Å²) in [7, 11) is 1.96. The lowest BCUT2D eigenvalue weighted by Crippen LogP contribution is -2.23. The first kappa shape index (κ1) is 13.7. The molecule has 2 aromatic rings. The second-order valence-electron chi connectivity index (χ2n) is 6.19. The van der Waals surface area contributed by atoms with Crippen molar-refractivity contribution in [3.8, 4) is 0 Å². The van der Waals surface area contributed by atoms with Gasteiger partial charge in [-0.2, -0.15) is 5.10 Å². The smallest absolute Gasteiger partial charge is 0.0975 e. The highest BCUT2D eigenvalue weighted by Crippen LogP contribution is 2.24. The summed E-state index contributed by atoms with van der Waals surface area (Å²) >= 11 is 0. The molecule has 0 aliphatic heterocycles. The summed E-state index contributed by atoms with van der Waals surface area (Å²) in [6.07, 6.45) is 2.08. The molecular weight excluding hydrogens is 234 g/mol. The van der Waals surface area contributed by atoms with Crippen molar-refractivity contribution < 1.29 is 0 Å². The highest BCUT2D eigenvalue weighted by Gasteiger charge is 2.15. The van der Waals surface area contributed by atoms with Crippen LogP contribution in [0.1, 0.15) is 31.9 Å². The van der Waals surface area contributed by atoms with Crippen molar-refractivity contribution in [3.05, 3.63) is 41.7 Å². The molecule has 0 aliphatic carbocycles. The molecule has 0 saturated carbocycles. The van der Waals surface area contributed by atoms with Crippen LogP contribution in [0.5, 0.6) is 0 Å². The zero-order valence-electron chi connectivity index (χ0n) is 12.5. The van der Waals surface area contributed by atoms with E-state index in [4.69, 9.17) is 0 Å². The van der Waals surface area contributed by atoms with E-state index < -0.39 is 0 Å². The van der Waals surface area contributed by atoms with Crippen LogP contribution < -0.4 is 5.32 Å². The molecule has 0 unspecified atom stereocenters. The van der Waals surface area contributed by atoms with Crippen LogP contribution in [-0.4, -0.2) is 9.78 Å². The number of aryl methyl sites for hydroxylation is 2. The third-order valence-corrected chi connectivity index (χ3v) is 3.49. The van der Waals surface area contributed by atoms with E-state index in [-0.39, 0.29) is 5.41 Å². The maximum Gasteiger partial charge on any atom is 0.0975 e. The summed E-state index contributed by atoms with van der Waals surface area (Å²) in [5, 5.41) is 9.20. The molecule has 1 N–H and O–H groups in total.